The number of carbonyl (C=O) groups is 1. The molecule has 3 aliphatic heterocycles. The topological polar surface area (TPSA) is 85.2 Å². The molecule has 27 heavy (non-hydrogen) atoms. The number of fused-ring (bicyclic) bond motifs is 2. The summed E-state index contributed by atoms with van der Waals surface area (Å²) in [5, 5.41) is 8.72. The van der Waals surface area contributed by atoms with Gasteiger partial charge in [-0.1, -0.05) is 6.42 Å². The molecule has 1 aromatic carbocycles. The molecular formula is C19H22N4O3S. The Morgan fingerprint density at radius 1 is 1.00 bits per heavy atom. The van der Waals surface area contributed by atoms with E-state index in [2.05, 4.69) is 14.8 Å². The lowest BCUT2D eigenvalue weighted by molar-refractivity contribution is -0.117. The first kappa shape index (κ1) is 16.9. The number of rotatable bonds is 2. The molecule has 0 aliphatic carbocycles. The van der Waals surface area contributed by atoms with Crippen molar-refractivity contribution in [3.05, 3.63) is 30.1 Å². The second-order valence-corrected chi connectivity index (χ2v) is 9.98. The van der Waals surface area contributed by atoms with E-state index in [4.69, 9.17) is 0 Å². The van der Waals surface area contributed by atoms with E-state index in [0.717, 1.165) is 48.7 Å². The fourth-order valence-corrected chi connectivity index (χ4v) is 6.76. The first-order chi connectivity index (χ1) is 13.0. The van der Waals surface area contributed by atoms with Gasteiger partial charge in [0.2, 0.25) is 5.91 Å². The summed E-state index contributed by atoms with van der Waals surface area (Å²) >= 11 is 0. The fourth-order valence-electron chi connectivity index (χ4n) is 4.69. The predicted molar refractivity (Wildman–Crippen MR) is 101 cm³/mol. The van der Waals surface area contributed by atoms with E-state index in [1.54, 1.807) is 4.90 Å². The van der Waals surface area contributed by atoms with Crippen LogP contribution in [0.3, 0.4) is 0 Å². The van der Waals surface area contributed by atoms with Crippen LogP contribution < -0.4 is 4.90 Å². The number of aryl methyl sites for hydroxylation is 1. The SMILES string of the molecule is O=C1C[C@H]2CS(=O)(=O)C[C@H]2N1c1ccc(-c2nnc3n2CCCCC3)cc1. The van der Waals surface area contributed by atoms with Crippen LogP contribution in [0.4, 0.5) is 5.69 Å². The highest BCUT2D eigenvalue weighted by Gasteiger charge is 2.49. The fraction of sp³-hybridized carbons (Fsp3) is 0.526. The standard InChI is InChI=1S/C19H22N4O3S/c24-18-10-14-11-27(25,26)12-16(14)23(18)15-7-5-13(6-8-15)19-21-20-17-4-2-1-3-9-22(17)19/h5-8,14,16H,1-4,9-12H2/t14-,16+/m0/s1. The van der Waals surface area contributed by atoms with Crippen molar-refractivity contribution in [3.8, 4) is 11.4 Å². The molecule has 142 valence electrons. The molecule has 0 spiro atoms. The van der Waals surface area contributed by atoms with E-state index < -0.39 is 9.84 Å². The lowest BCUT2D eigenvalue weighted by Crippen LogP contribution is -2.36. The smallest absolute Gasteiger partial charge is 0.227 e. The number of sulfone groups is 1. The molecule has 2 aromatic rings. The molecule has 0 bridgehead atoms. The summed E-state index contributed by atoms with van der Waals surface area (Å²) in [6, 6.07) is 7.50. The van der Waals surface area contributed by atoms with E-state index in [1.165, 1.54) is 6.42 Å². The van der Waals surface area contributed by atoms with Crippen molar-refractivity contribution in [2.24, 2.45) is 5.92 Å². The van der Waals surface area contributed by atoms with Crippen molar-refractivity contribution < 1.29 is 13.2 Å². The van der Waals surface area contributed by atoms with Crippen molar-refractivity contribution in [2.45, 2.75) is 44.7 Å². The molecule has 0 unspecified atom stereocenters. The Morgan fingerprint density at radius 3 is 2.63 bits per heavy atom. The van der Waals surface area contributed by atoms with Gasteiger partial charge in [0.1, 0.15) is 5.82 Å². The van der Waals surface area contributed by atoms with Gasteiger partial charge in [-0.3, -0.25) is 4.79 Å². The van der Waals surface area contributed by atoms with Crippen molar-refractivity contribution in [2.75, 3.05) is 16.4 Å². The van der Waals surface area contributed by atoms with Crippen LogP contribution in [-0.4, -0.2) is 46.6 Å². The van der Waals surface area contributed by atoms with Gasteiger partial charge >= 0.3 is 0 Å². The summed E-state index contributed by atoms with van der Waals surface area (Å²) in [6.07, 6.45) is 4.79. The molecule has 1 aromatic heterocycles. The molecule has 7 nitrogen and oxygen atoms in total. The molecule has 2 atom stereocenters. The number of anilines is 1. The zero-order valence-corrected chi connectivity index (χ0v) is 15.9. The highest BCUT2D eigenvalue weighted by molar-refractivity contribution is 7.91. The average Bonchev–Trinajstić information content (AvgIpc) is 3.17. The van der Waals surface area contributed by atoms with Crippen molar-refractivity contribution in [1.29, 1.82) is 0 Å². The maximum atomic E-state index is 12.4. The Balaban J connectivity index is 1.44. The molecule has 2 fully saturated rings. The monoisotopic (exact) mass is 386 g/mol. The van der Waals surface area contributed by atoms with Crippen molar-refractivity contribution in [1.82, 2.24) is 14.8 Å². The number of aromatic nitrogens is 3. The molecule has 4 heterocycles. The maximum absolute atomic E-state index is 12.4. The van der Waals surface area contributed by atoms with Crippen LogP contribution in [0.25, 0.3) is 11.4 Å². The number of hydrogen-bond acceptors (Lipinski definition) is 5. The zero-order chi connectivity index (χ0) is 18.6. The quantitative estimate of drug-likeness (QED) is 0.786. The first-order valence-electron chi connectivity index (χ1n) is 9.57. The summed E-state index contributed by atoms with van der Waals surface area (Å²) in [7, 11) is -3.04. The third-order valence-corrected chi connectivity index (χ3v) is 7.77. The summed E-state index contributed by atoms with van der Waals surface area (Å²) < 4.78 is 26.1. The summed E-state index contributed by atoms with van der Waals surface area (Å²) in [5.74, 6) is 2.05. The number of nitrogens with zero attached hydrogens (tertiary/aromatic N) is 4. The Labute approximate surface area is 158 Å². The summed E-state index contributed by atoms with van der Waals surface area (Å²) in [5.41, 5.74) is 1.74. The third-order valence-electron chi connectivity index (χ3n) is 5.99. The van der Waals surface area contributed by atoms with Gasteiger partial charge in [-0.15, -0.1) is 10.2 Å². The summed E-state index contributed by atoms with van der Waals surface area (Å²) in [4.78, 5) is 14.1. The average molecular weight is 386 g/mol. The molecule has 0 radical (unpaired) electrons. The van der Waals surface area contributed by atoms with E-state index >= 15 is 0 Å². The molecule has 5 rings (SSSR count). The lowest BCUT2D eigenvalue weighted by Gasteiger charge is -2.23. The van der Waals surface area contributed by atoms with Gasteiger partial charge < -0.3 is 9.47 Å². The first-order valence-corrected chi connectivity index (χ1v) is 11.4. The van der Waals surface area contributed by atoms with Crippen LogP contribution in [0, 0.1) is 5.92 Å². The van der Waals surface area contributed by atoms with E-state index in [1.807, 2.05) is 24.3 Å². The van der Waals surface area contributed by atoms with Gasteiger partial charge in [0, 0.05) is 36.6 Å². The minimum absolute atomic E-state index is 0.0176. The summed E-state index contributed by atoms with van der Waals surface area (Å²) in [6.45, 7) is 0.936. The van der Waals surface area contributed by atoms with E-state index in [-0.39, 0.29) is 29.4 Å². The van der Waals surface area contributed by atoms with Gasteiger partial charge in [0.15, 0.2) is 15.7 Å². The van der Waals surface area contributed by atoms with Crippen LogP contribution in [0.15, 0.2) is 24.3 Å². The van der Waals surface area contributed by atoms with Crippen LogP contribution in [0.5, 0.6) is 0 Å². The highest BCUT2D eigenvalue weighted by atomic mass is 32.2. The van der Waals surface area contributed by atoms with Gasteiger partial charge in [-0.05, 0) is 37.1 Å². The van der Waals surface area contributed by atoms with Crippen LogP contribution in [0.2, 0.25) is 0 Å². The van der Waals surface area contributed by atoms with Gasteiger partial charge in [0.25, 0.3) is 0 Å². The second-order valence-electron chi connectivity index (χ2n) is 7.82. The van der Waals surface area contributed by atoms with Gasteiger partial charge in [0.05, 0.1) is 17.5 Å². The molecular weight excluding hydrogens is 364 g/mol. The Morgan fingerprint density at radius 2 is 1.81 bits per heavy atom. The van der Waals surface area contributed by atoms with Crippen LogP contribution in [0.1, 0.15) is 31.5 Å². The maximum Gasteiger partial charge on any atom is 0.227 e. The Bertz CT molecular complexity index is 996. The number of benzene rings is 1. The zero-order valence-electron chi connectivity index (χ0n) is 15.0. The van der Waals surface area contributed by atoms with E-state index in [0.29, 0.717) is 6.42 Å². The van der Waals surface area contributed by atoms with Crippen LogP contribution in [-0.2, 0) is 27.6 Å². The molecule has 1 amide bonds. The second kappa shape index (κ2) is 6.15. The molecule has 2 saturated heterocycles. The minimum atomic E-state index is -3.04. The highest BCUT2D eigenvalue weighted by Crippen LogP contribution is 2.37. The Kier molecular flexibility index (Phi) is 3.86. The Hall–Kier alpha value is -2.22. The number of carbonyl (C=O) groups excluding carboxylic acids is 1. The van der Waals surface area contributed by atoms with Gasteiger partial charge in [-0.25, -0.2) is 8.42 Å². The largest absolute Gasteiger partial charge is 0.311 e. The normalized spacial score (nSPS) is 26.7. The number of hydrogen-bond donors (Lipinski definition) is 0. The minimum Gasteiger partial charge on any atom is -0.311 e. The van der Waals surface area contributed by atoms with E-state index in [9.17, 15) is 13.2 Å². The van der Waals surface area contributed by atoms with Crippen molar-refractivity contribution >= 4 is 21.4 Å². The predicted octanol–water partition coefficient (Wildman–Crippen LogP) is 1.82. The molecule has 0 saturated carbocycles. The lowest BCUT2D eigenvalue weighted by atomic mass is 10.0. The van der Waals surface area contributed by atoms with Gasteiger partial charge in [-0.2, -0.15) is 0 Å². The van der Waals surface area contributed by atoms with Crippen molar-refractivity contribution in [3.63, 3.8) is 0 Å². The van der Waals surface area contributed by atoms with Crippen LogP contribution >= 0.6 is 0 Å². The third kappa shape index (κ3) is 2.86. The molecule has 8 heteroatoms. The molecule has 3 aliphatic rings. The number of amides is 1. The molecule has 0 N–H and O–H groups in total.